The maximum atomic E-state index is 11.8. The number of benzene rings is 1. The first-order valence-electron chi connectivity index (χ1n) is 12.5. The summed E-state index contributed by atoms with van der Waals surface area (Å²) >= 11 is 0.877. The summed E-state index contributed by atoms with van der Waals surface area (Å²) in [5.74, 6) is 1.65. The Morgan fingerprint density at radius 2 is 1.84 bits per heavy atom. The van der Waals surface area contributed by atoms with Crippen LogP contribution in [0.4, 0.5) is 10.7 Å². The van der Waals surface area contributed by atoms with Crippen LogP contribution >= 0.6 is 11.8 Å². The number of pyridine rings is 1. The molecule has 0 unspecified atom stereocenters. The third kappa shape index (κ3) is 5.63. The van der Waals surface area contributed by atoms with Crippen LogP contribution in [0.25, 0.3) is 17.3 Å². The molecule has 3 aliphatic rings. The minimum Gasteiger partial charge on any atom is -0.454 e. The molecule has 1 saturated carbocycles. The molecular weight excluding hydrogens is 504 g/mol. The van der Waals surface area contributed by atoms with Crippen LogP contribution in [-0.2, 0) is 11.3 Å². The van der Waals surface area contributed by atoms with Crippen molar-refractivity contribution in [2.75, 3.05) is 12.1 Å². The summed E-state index contributed by atoms with van der Waals surface area (Å²) in [5.41, 5.74) is 3.49. The molecule has 2 aromatic heterocycles. The number of carbonyl (C=O) groups excluding carboxylic acids is 2. The van der Waals surface area contributed by atoms with Gasteiger partial charge in [0.25, 0.3) is 11.1 Å². The summed E-state index contributed by atoms with van der Waals surface area (Å²) in [4.78, 5) is 37.2. The van der Waals surface area contributed by atoms with E-state index in [2.05, 4.69) is 25.9 Å². The van der Waals surface area contributed by atoms with Gasteiger partial charge in [-0.05, 0) is 79.9 Å². The van der Waals surface area contributed by atoms with Crippen molar-refractivity contribution in [3.05, 3.63) is 65.0 Å². The molecule has 2 amide bonds. The Hall–Kier alpha value is -3.96. The topological polar surface area (TPSA) is 127 Å². The average Bonchev–Trinajstić information content (AvgIpc) is 3.53. The van der Waals surface area contributed by atoms with E-state index >= 15 is 0 Å². The van der Waals surface area contributed by atoms with Gasteiger partial charge in [0, 0.05) is 30.4 Å². The molecule has 194 valence electrons. The van der Waals surface area contributed by atoms with Crippen molar-refractivity contribution in [3.63, 3.8) is 0 Å². The van der Waals surface area contributed by atoms with Gasteiger partial charge in [-0.15, -0.1) is 0 Å². The molecule has 1 aromatic carbocycles. The van der Waals surface area contributed by atoms with Gasteiger partial charge < -0.3 is 20.1 Å². The van der Waals surface area contributed by atoms with Gasteiger partial charge in [0.15, 0.2) is 11.5 Å². The first-order chi connectivity index (χ1) is 18.6. The Morgan fingerprint density at radius 3 is 2.68 bits per heavy atom. The van der Waals surface area contributed by atoms with E-state index < -0.39 is 5.91 Å². The molecule has 0 spiro atoms. The normalized spacial score (nSPS) is 21.5. The van der Waals surface area contributed by atoms with Gasteiger partial charge in [-0.3, -0.25) is 19.9 Å². The first-order valence-corrected chi connectivity index (χ1v) is 13.3. The third-order valence-corrected chi connectivity index (χ3v) is 7.52. The molecule has 0 radical (unpaired) electrons. The Labute approximate surface area is 223 Å². The highest BCUT2D eigenvalue weighted by atomic mass is 32.2. The van der Waals surface area contributed by atoms with Gasteiger partial charge in [0.1, 0.15) is 0 Å². The lowest BCUT2D eigenvalue weighted by molar-refractivity contribution is -0.115. The minimum atomic E-state index is -0.395. The molecule has 1 saturated heterocycles. The maximum Gasteiger partial charge on any atom is 0.290 e. The third-order valence-electron chi connectivity index (χ3n) is 6.71. The number of thioether (sulfide) groups is 1. The predicted molar refractivity (Wildman–Crippen MR) is 143 cm³/mol. The molecule has 4 heterocycles. The lowest BCUT2D eigenvalue weighted by Gasteiger charge is -2.29. The Balaban J connectivity index is 1.00. The minimum absolute atomic E-state index is 0.258. The van der Waals surface area contributed by atoms with Gasteiger partial charge in [0.05, 0.1) is 22.0 Å². The van der Waals surface area contributed by atoms with Crippen molar-refractivity contribution in [1.82, 2.24) is 25.6 Å². The number of aromatic nitrogens is 3. The SMILES string of the molecule is O=C1NC(=O)/C(=C/c2ccnc(NC3CCC(NCc4cccc(-c5ccc6c(c5)OCO6)n4)CC3)n2)S1. The summed E-state index contributed by atoms with van der Waals surface area (Å²) in [7, 11) is 0. The van der Waals surface area contributed by atoms with Gasteiger partial charge in [-0.25, -0.2) is 9.97 Å². The van der Waals surface area contributed by atoms with E-state index in [9.17, 15) is 9.59 Å². The van der Waals surface area contributed by atoms with Gasteiger partial charge >= 0.3 is 0 Å². The van der Waals surface area contributed by atoms with Crippen molar-refractivity contribution in [1.29, 1.82) is 0 Å². The van der Waals surface area contributed by atoms with Crippen molar-refractivity contribution < 1.29 is 19.1 Å². The highest BCUT2D eigenvalue weighted by molar-refractivity contribution is 8.18. The number of rotatable bonds is 7. The second kappa shape index (κ2) is 10.8. The summed E-state index contributed by atoms with van der Waals surface area (Å²) in [6, 6.07) is 14.4. The van der Waals surface area contributed by atoms with E-state index in [4.69, 9.17) is 14.5 Å². The van der Waals surface area contributed by atoms with Gasteiger partial charge in [-0.2, -0.15) is 0 Å². The molecule has 0 bridgehead atoms. The lowest BCUT2D eigenvalue weighted by atomic mass is 9.91. The van der Waals surface area contributed by atoms with E-state index in [1.807, 2.05) is 36.4 Å². The molecule has 3 N–H and O–H groups in total. The molecule has 38 heavy (non-hydrogen) atoms. The van der Waals surface area contributed by atoms with Crippen LogP contribution in [0.1, 0.15) is 37.1 Å². The predicted octanol–water partition coefficient (Wildman–Crippen LogP) is 4.10. The zero-order valence-corrected chi connectivity index (χ0v) is 21.3. The second-order valence-corrected chi connectivity index (χ2v) is 10.3. The van der Waals surface area contributed by atoms with Gasteiger partial charge in [-0.1, -0.05) is 6.07 Å². The lowest BCUT2D eigenvalue weighted by Crippen LogP contribution is -2.37. The number of amides is 2. The smallest absolute Gasteiger partial charge is 0.290 e. The number of anilines is 1. The van der Waals surface area contributed by atoms with E-state index in [1.165, 1.54) is 0 Å². The molecule has 1 aliphatic carbocycles. The maximum absolute atomic E-state index is 11.8. The van der Waals surface area contributed by atoms with E-state index in [0.717, 1.165) is 65.9 Å². The Bertz CT molecular complexity index is 1410. The van der Waals surface area contributed by atoms with E-state index in [0.29, 0.717) is 29.1 Å². The fourth-order valence-corrected chi connectivity index (χ4v) is 5.41. The molecule has 10 nitrogen and oxygen atoms in total. The van der Waals surface area contributed by atoms with E-state index in [1.54, 1.807) is 18.3 Å². The summed E-state index contributed by atoms with van der Waals surface area (Å²) in [6.45, 7) is 0.961. The fraction of sp³-hybridized carbons (Fsp3) is 0.296. The molecule has 3 aromatic rings. The monoisotopic (exact) mass is 530 g/mol. The van der Waals surface area contributed by atoms with Crippen molar-refractivity contribution in [2.45, 2.75) is 44.3 Å². The summed E-state index contributed by atoms with van der Waals surface area (Å²) in [6.07, 6.45) is 7.30. The number of nitrogens with zero attached hydrogens (tertiary/aromatic N) is 3. The molecule has 0 atom stereocenters. The highest BCUT2D eigenvalue weighted by Crippen LogP contribution is 2.35. The fourth-order valence-electron chi connectivity index (χ4n) is 4.75. The number of hydrogen-bond donors (Lipinski definition) is 3. The quantitative estimate of drug-likeness (QED) is 0.384. The Morgan fingerprint density at radius 1 is 1.00 bits per heavy atom. The van der Waals surface area contributed by atoms with Crippen LogP contribution in [-0.4, -0.2) is 45.0 Å². The highest BCUT2D eigenvalue weighted by Gasteiger charge is 2.25. The van der Waals surface area contributed by atoms with Gasteiger partial charge in [0.2, 0.25) is 12.7 Å². The number of hydrogen-bond acceptors (Lipinski definition) is 10. The van der Waals surface area contributed by atoms with Crippen LogP contribution in [0.15, 0.2) is 53.6 Å². The van der Waals surface area contributed by atoms with E-state index in [-0.39, 0.29) is 18.1 Å². The average molecular weight is 531 g/mol. The van der Waals surface area contributed by atoms with Crippen molar-refractivity contribution >= 4 is 34.9 Å². The van der Waals surface area contributed by atoms with Crippen molar-refractivity contribution in [3.8, 4) is 22.8 Å². The number of fused-ring (bicyclic) bond motifs is 1. The van der Waals surface area contributed by atoms with Crippen molar-refractivity contribution in [2.24, 2.45) is 0 Å². The second-order valence-electron chi connectivity index (χ2n) is 9.31. The number of ether oxygens (including phenoxy) is 2. The molecule has 11 heteroatoms. The molecule has 6 rings (SSSR count). The summed E-state index contributed by atoms with van der Waals surface area (Å²) in [5, 5.41) is 8.96. The zero-order chi connectivity index (χ0) is 25.9. The first kappa shape index (κ1) is 24.4. The standard InChI is InChI=1S/C27H26N6O4S/c34-25-24(38-27(35)33-25)13-19-10-11-28-26(32-19)31-18-7-5-17(6-8-18)29-14-20-2-1-3-21(30-20)16-4-9-22-23(12-16)37-15-36-22/h1-4,9-13,17-18,29H,5-8,14-15H2,(H,28,31,32)(H,33,34,35)/b24-13-. The number of carbonyl (C=O) groups is 2. The summed E-state index contributed by atoms with van der Waals surface area (Å²) < 4.78 is 10.9. The number of imide groups is 1. The van der Waals surface area contributed by atoms with Crippen LogP contribution in [0.2, 0.25) is 0 Å². The number of nitrogens with one attached hydrogen (secondary N) is 3. The molecular formula is C27H26N6O4S. The van der Waals surface area contributed by atoms with Crippen LogP contribution < -0.4 is 25.4 Å². The van der Waals surface area contributed by atoms with Crippen LogP contribution in [0.3, 0.4) is 0 Å². The van der Waals surface area contributed by atoms with Crippen LogP contribution in [0, 0.1) is 0 Å². The zero-order valence-electron chi connectivity index (χ0n) is 20.5. The molecule has 2 fully saturated rings. The molecule has 2 aliphatic heterocycles. The largest absolute Gasteiger partial charge is 0.454 e. The van der Waals surface area contributed by atoms with Crippen LogP contribution in [0.5, 0.6) is 11.5 Å². The Kier molecular flexibility index (Phi) is 6.93.